The predicted molar refractivity (Wildman–Crippen MR) is 33.4 cm³/mol. The van der Waals surface area contributed by atoms with Gasteiger partial charge in [0.25, 0.3) is 0 Å². The second kappa shape index (κ2) is 3.81. The molecule has 0 aromatic rings. The Kier molecular flexibility index (Phi) is 3.61. The van der Waals surface area contributed by atoms with Gasteiger partial charge in [0.2, 0.25) is 5.29 Å². The van der Waals surface area contributed by atoms with Crippen molar-refractivity contribution in [1.82, 2.24) is 0 Å². The third-order valence-electron chi connectivity index (χ3n) is 0.420. The summed E-state index contributed by atoms with van der Waals surface area (Å²) >= 11 is 5.32. The molecule has 0 heterocycles. The molecule has 0 aromatic carbocycles. The van der Waals surface area contributed by atoms with E-state index >= 15 is 0 Å². The average molecular weight is 119 g/mol. The molecule has 0 saturated carbocycles. The molecule has 7 heavy (non-hydrogen) atoms. The minimum Gasteiger partial charge on any atom is -0.260 e. The molecule has 40 valence electrons. The first kappa shape index (κ1) is 6.63. The number of hydrogen-bond acceptors (Lipinski definition) is 1. The van der Waals surface area contributed by atoms with Crippen molar-refractivity contribution in [3.63, 3.8) is 0 Å². The molecule has 0 atom stereocenters. The van der Waals surface area contributed by atoms with Crippen LogP contribution < -0.4 is 0 Å². The highest BCUT2D eigenvalue weighted by atomic mass is 35.5. The molecular formula is C4H7ClN2. The largest absolute Gasteiger partial charge is 0.260 e. The summed E-state index contributed by atoms with van der Waals surface area (Å²) in [5.41, 5.74) is 0. The van der Waals surface area contributed by atoms with Crippen LogP contribution in [0.4, 0.5) is 0 Å². The zero-order valence-corrected chi connectivity index (χ0v) is 5.11. The maximum absolute atomic E-state index is 5.32. The van der Waals surface area contributed by atoms with E-state index in [2.05, 4.69) is 9.98 Å². The van der Waals surface area contributed by atoms with E-state index in [1.165, 1.54) is 0 Å². The Morgan fingerprint density at radius 3 is 2.43 bits per heavy atom. The summed E-state index contributed by atoms with van der Waals surface area (Å²) in [4.78, 5) is 7.20. The van der Waals surface area contributed by atoms with Crippen molar-refractivity contribution in [2.45, 2.75) is 6.92 Å². The molecule has 0 radical (unpaired) electrons. The molecule has 0 aliphatic heterocycles. The normalized spacial score (nSPS) is 13.3. The summed E-state index contributed by atoms with van der Waals surface area (Å²) < 4.78 is 0. The Labute approximate surface area is 47.9 Å². The summed E-state index contributed by atoms with van der Waals surface area (Å²) in [7, 11) is 1.59. The second-order valence-electron chi connectivity index (χ2n) is 0.880. The number of amidine groups is 1. The number of aliphatic imine (C=N–C) groups is 2. The van der Waals surface area contributed by atoms with Crippen molar-refractivity contribution < 1.29 is 0 Å². The summed E-state index contributed by atoms with van der Waals surface area (Å²) in [5.74, 6) is 0. The first-order valence-electron chi connectivity index (χ1n) is 1.92. The average Bonchev–Trinajstić information content (AvgIpc) is 1.68. The van der Waals surface area contributed by atoms with Crippen molar-refractivity contribution in [3.8, 4) is 0 Å². The Morgan fingerprint density at radius 2 is 2.29 bits per heavy atom. The second-order valence-corrected chi connectivity index (χ2v) is 1.22. The van der Waals surface area contributed by atoms with Crippen LogP contribution in [0.2, 0.25) is 0 Å². The van der Waals surface area contributed by atoms with Crippen LogP contribution >= 0.6 is 11.6 Å². The van der Waals surface area contributed by atoms with Gasteiger partial charge in [-0.1, -0.05) is 0 Å². The van der Waals surface area contributed by atoms with Gasteiger partial charge in [0.1, 0.15) is 0 Å². The summed E-state index contributed by atoms with van der Waals surface area (Å²) in [6.45, 7) is 1.79. The molecule has 3 heteroatoms. The van der Waals surface area contributed by atoms with E-state index in [-0.39, 0.29) is 0 Å². The number of rotatable bonds is 0. The zero-order chi connectivity index (χ0) is 5.70. The zero-order valence-electron chi connectivity index (χ0n) is 4.35. The Balaban J connectivity index is 3.58. The lowest BCUT2D eigenvalue weighted by Gasteiger charge is -1.77. The van der Waals surface area contributed by atoms with Crippen LogP contribution in [0.3, 0.4) is 0 Å². The summed E-state index contributed by atoms with van der Waals surface area (Å²) in [5, 5.41) is 0.294. The van der Waals surface area contributed by atoms with Crippen LogP contribution in [0, 0.1) is 0 Å². The molecule has 0 aromatic heterocycles. The molecule has 0 aliphatic carbocycles. The first-order valence-corrected chi connectivity index (χ1v) is 2.30. The van der Waals surface area contributed by atoms with E-state index in [0.29, 0.717) is 5.29 Å². The smallest absolute Gasteiger partial charge is 0.217 e. The van der Waals surface area contributed by atoms with E-state index in [0.717, 1.165) is 0 Å². The number of nitrogens with zero attached hydrogens (tertiary/aromatic N) is 2. The van der Waals surface area contributed by atoms with Gasteiger partial charge in [-0.25, -0.2) is 4.99 Å². The Bertz CT molecular complexity index is 95.9. The van der Waals surface area contributed by atoms with Crippen LogP contribution in [-0.4, -0.2) is 18.6 Å². The van der Waals surface area contributed by atoms with Crippen molar-refractivity contribution in [2.24, 2.45) is 9.98 Å². The van der Waals surface area contributed by atoms with Crippen LogP contribution in [0.1, 0.15) is 6.92 Å². The minimum absolute atomic E-state index is 0.294. The fraction of sp³-hybridized carbons (Fsp3) is 0.500. The molecule has 0 aliphatic rings. The molecule has 2 nitrogen and oxygen atoms in total. The first-order chi connectivity index (χ1) is 3.31. The molecule has 0 saturated heterocycles. The standard InChI is InChI=1S/C4H7ClN2/c1-3-7-4(5)6-2/h3H,1-2H3/b6-4?,7-3-. The lowest BCUT2D eigenvalue weighted by Crippen LogP contribution is -1.77. The topological polar surface area (TPSA) is 24.7 Å². The van der Waals surface area contributed by atoms with Crippen LogP contribution in [0.25, 0.3) is 0 Å². The minimum atomic E-state index is 0.294. The van der Waals surface area contributed by atoms with Crippen molar-refractivity contribution in [1.29, 1.82) is 0 Å². The highest BCUT2D eigenvalue weighted by molar-refractivity contribution is 6.65. The van der Waals surface area contributed by atoms with Gasteiger partial charge >= 0.3 is 0 Å². The van der Waals surface area contributed by atoms with E-state index in [9.17, 15) is 0 Å². The Hall–Kier alpha value is -0.370. The molecule has 0 amide bonds. The van der Waals surface area contributed by atoms with Gasteiger partial charge in [0, 0.05) is 13.3 Å². The maximum Gasteiger partial charge on any atom is 0.217 e. The molecule has 0 unspecified atom stereocenters. The fourth-order valence-corrected chi connectivity index (χ4v) is 0.262. The van der Waals surface area contributed by atoms with Gasteiger partial charge in [-0.15, -0.1) is 0 Å². The molecule has 0 bridgehead atoms. The van der Waals surface area contributed by atoms with E-state index in [4.69, 9.17) is 11.6 Å². The van der Waals surface area contributed by atoms with Crippen LogP contribution in [0.15, 0.2) is 9.98 Å². The molecule has 0 spiro atoms. The van der Waals surface area contributed by atoms with E-state index in [1.54, 1.807) is 20.2 Å². The van der Waals surface area contributed by atoms with Gasteiger partial charge in [-0.05, 0) is 18.5 Å². The number of hydrogen-bond donors (Lipinski definition) is 0. The van der Waals surface area contributed by atoms with Crippen molar-refractivity contribution >= 4 is 23.1 Å². The monoisotopic (exact) mass is 118 g/mol. The summed E-state index contributed by atoms with van der Waals surface area (Å²) in [6, 6.07) is 0. The van der Waals surface area contributed by atoms with Crippen molar-refractivity contribution in [3.05, 3.63) is 0 Å². The summed E-state index contributed by atoms with van der Waals surface area (Å²) in [6.07, 6.45) is 1.59. The SMILES string of the molecule is C/C=N\C(Cl)=NC. The molecule has 0 fully saturated rings. The lowest BCUT2D eigenvalue weighted by atomic mass is 10.9. The predicted octanol–water partition coefficient (Wildman–Crippen LogP) is 1.30. The van der Waals surface area contributed by atoms with Gasteiger partial charge in [0.15, 0.2) is 0 Å². The lowest BCUT2D eigenvalue weighted by molar-refractivity contribution is 1.43. The Morgan fingerprint density at radius 1 is 1.71 bits per heavy atom. The van der Waals surface area contributed by atoms with Gasteiger partial charge in [-0.2, -0.15) is 0 Å². The number of halogens is 1. The van der Waals surface area contributed by atoms with Crippen molar-refractivity contribution in [2.75, 3.05) is 7.05 Å². The van der Waals surface area contributed by atoms with Crippen LogP contribution in [0.5, 0.6) is 0 Å². The molecule has 0 N–H and O–H groups in total. The van der Waals surface area contributed by atoms with Gasteiger partial charge in [-0.3, -0.25) is 4.99 Å². The maximum atomic E-state index is 5.32. The van der Waals surface area contributed by atoms with E-state index in [1.807, 2.05) is 0 Å². The molecular weight excluding hydrogens is 112 g/mol. The van der Waals surface area contributed by atoms with Gasteiger partial charge < -0.3 is 0 Å². The highest BCUT2D eigenvalue weighted by Gasteiger charge is 1.76. The van der Waals surface area contributed by atoms with Crippen LogP contribution in [-0.2, 0) is 0 Å². The van der Waals surface area contributed by atoms with E-state index < -0.39 is 0 Å². The molecule has 0 rings (SSSR count). The quantitative estimate of drug-likeness (QED) is 0.260. The fourth-order valence-electron chi connectivity index (χ4n) is 0.164. The third kappa shape index (κ3) is 3.46. The highest BCUT2D eigenvalue weighted by Crippen LogP contribution is 1.82. The third-order valence-corrected chi connectivity index (χ3v) is 0.687. The van der Waals surface area contributed by atoms with Gasteiger partial charge in [0.05, 0.1) is 0 Å².